The molecule has 0 aliphatic rings. The Morgan fingerprint density at radius 1 is 1.17 bits per heavy atom. The summed E-state index contributed by atoms with van der Waals surface area (Å²) in [6, 6.07) is 6.40. The van der Waals surface area contributed by atoms with Gasteiger partial charge in [0.05, 0.1) is 2.88 Å². The highest BCUT2D eigenvalue weighted by Crippen LogP contribution is 2.32. The molecule has 0 fully saturated rings. The summed E-state index contributed by atoms with van der Waals surface area (Å²) in [5.74, 6) is 0. The van der Waals surface area contributed by atoms with E-state index in [2.05, 4.69) is 76.0 Å². The van der Waals surface area contributed by atoms with Crippen LogP contribution in [0, 0.1) is 6.45 Å². The summed E-state index contributed by atoms with van der Waals surface area (Å²) in [7, 11) is 0. The SMILES string of the molecule is Sc1cc(I)c2sc(I)cc2c1. The fraction of sp³-hybridized carbons (Fsp3) is 0. The lowest BCUT2D eigenvalue weighted by Crippen LogP contribution is -1.71. The zero-order chi connectivity index (χ0) is 8.72. The van der Waals surface area contributed by atoms with Crippen LogP contribution < -0.4 is 0 Å². The molecule has 0 unspecified atom stereocenters. The van der Waals surface area contributed by atoms with Gasteiger partial charge in [0, 0.05) is 13.2 Å². The Morgan fingerprint density at radius 2 is 1.92 bits per heavy atom. The van der Waals surface area contributed by atoms with E-state index in [0.717, 1.165) is 4.90 Å². The maximum atomic E-state index is 4.34. The van der Waals surface area contributed by atoms with Crippen LogP contribution in [0.4, 0.5) is 0 Å². The molecule has 1 aromatic carbocycles. The lowest BCUT2D eigenvalue weighted by atomic mass is 10.3. The van der Waals surface area contributed by atoms with Crippen molar-refractivity contribution >= 4 is 79.2 Å². The predicted octanol–water partition coefficient (Wildman–Crippen LogP) is 4.40. The minimum Gasteiger partial charge on any atom is -0.143 e. The molecule has 0 saturated heterocycles. The maximum Gasteiger partial charge on any atom is 0.0666 e. The zero-order valence-corrected chi connectivity index (χ0v) is 11.9. The van der Waals surface area contributed by atoms with Crippen molar-refractivity contribution in [1.29, 1.82) is 0 Å². The highest BCUT2D eigenvalue weighted by Gasteiger charge is 2.03. The fourth-order valence-electron chi connectivity index (χ4n) is 1.06. The molecule has 0 N–H and O–H groups in total. The zero-order valence-electron chi connectivity index (χ0n) is 5.84. The topological polar surface area (TPSA) is 0 Å². The first-order chi connectivity index (χ1) is 5.66. The van der Waals surface area contributed by atoms with Gasteiger partial charge in [0.15, 0.2) is 0 Å². The molecule has 0 bridgehead atoms. The first kappa shape index (κ1) is 9.54. The molecule has 2 rings (SSSR count). The molecule has 1 heterocycles. The molecule has 62 valence electrons. The molecule has 0 spiro atoms. The summed E-state index contributed by atoms with van der Waals surface area (Å²) in [6.45, 7) is 0. The average Bonchev–Trinajstić information content (AvgIpc) is 2.29. The number of hydrogen-bond acceptors (Lipinski definition) is 2. The highest BCUT2D eigenvalue weighted by atomic mass is 127. The van der Waals surface area contributed by atoms with Crippen molar-refractivity contribution in [3.63, 3.8) is 0 Å². The van der Waals surface area contributed by atoms with E-state index in [1.165, 1.54) is 16.5 Å². The summed E-state index contributed by atoms with van der Waals surface area (Å²) in [5.41, 5.74) is 0. The van der Waals surface area contributed by atoms with Crippen LogP contribution in [0.1, 0.15) is 0 Å². The molecule has 0 aliphatic carbocycles. The quantitative estimate of drug-likeness (QED) is 0.476. The number of hydrogen-bond donors (Lipinski definition) is 1. The lowest BCUT2D eigenvalue weighted by molar-refractivity contribution is 1.51. The van der Waals surface area contributed by atoms with Crippen LogP contribution in [0.15, 0.2) is 23.1 Å². The first-order valence-electron chi connectivity index (χ1n) is 3.24. The van der Waals surface area contributed by atoms with Gasteiger partial charge in [0.1, 0.15) is 0 Å². The van der Waals surface area contributed by atoms with E-state index < -0.39 is 0 Å². The van der Waals surface area contributed by atoms with Crippen molar-refractivity contribution < 1.29 is 0 Å². The Hall–Kier alpha value is 0.990. The van der Waals surface area contributed by atoms with E-state index in [0.29, 0.717) is 0 Å². The average molecular weight is 418 g/mol. The summed E-state index contributed by atoms with van der Waals surface area (Å²) in [6.07, 6.45) is 0. The number of benzene rings is 1. The first-order valence-corrected chi connectivity index (χ1v) is 6.66. The number of halogens is 2. The molecule has 0 aliphatic heterocycles. The normalized spacial score (nSPS) is 10.9. The number of fused-ring (bicyclic) bond motifs is 1. The van der Waals surface area contributed by atoms with Crippen molar-refractivity contribution in [2.75, 3.05) is 0 Å². The Morgan fingerprint density at radius 3 is 2.67 bits per heavy atom. The van der Waals surface area contributed by atoms with Crippen LogP contribution in [0.3, 0.4) is 0 Å². The number of thiol groups is 1. The van der Waals surface area contributed by atoms with E-state index in [1.54, 1.807) is 0 Å². The van der Waals surface area contributed by atoms with E-state index in [-0.39, 0.29) is 0 Å². The molecule has 0 amide bonds. The Kier molecular flexibility index (Phi) is 2.88. The van der Waals surface area contributed by atoms with Crippen LogP contribution in [0.2, 0.25) is 0 Å². The van der Waals surface area contributed by atoms with Gasteiger partial charge in [0.2, 0.25) is 0 Å². The second-order valence-corrected chi connectivity index (χ2v) is 7.02. The van der Waals surface area contributed by atoms with Crippen molar-refractivity contribution in [3.8, 4) is 0 Å². The Labute approximate surface area is 107 Å². The molecule has 0 radical (unpaired) electrons. The largest absolute Gasteiger partial charge is 0.143 e. The molecular weight excluding hydrogens is 414 g/mol. The number of thiophene rings is 1. The van der Waals surface area contributed by atoms with Gasteiger partial charge in [-0.2, -0.15) is 0 Å². The summed E-state index contributed by atoms with van der Waals surface area (Å²) >= 11 is 10.9. The minimum atomic E-state index is 1.04. The van der Waals surface area contributed by atoms with E-state index >= 15 is 0 Å². The van der Waals surface area contributed by atoms with Gasteiger partial charge in [-0.15, -0.1) is 24.0 Å². The van der Waals surface area contributed by atoms with Gasteiger partial charge < -0.3 is 0 Å². The van der Waals surface area contributed by atoms with Gasteiger partial charge in [0.25, 0.3) is 0 Å². The van der Waals surface area contributed by atoms with Crippen LogP contribution in [0.5, 0.6) is 0 Å². The van der Waals surface area contributed by atoms with Gasteiger partial charge in [-0.05, 0) is 68.8 Å². The fourth-order valence-corrected chi connectivity index (χ4v) is 4.32. The third-order valence-corrected chi connectivity index (χ3v) is 4.95. The number of rotatable bonds is 0. The summed E-state index contributed by atoms with van der Waals surface area (Å²) < 4.78 is 4.00. The van der Waals surface area contributed by atoms with Crippen LogP contribution in [-0.4, -0.2) is 0 Å². The lowest BCUT2D eigenvalue weighted by Gasteiger charge is -1.94. The summed E-state index contributed by atoms with van der Waals surface area (Å²) in [5, 5.41) is 1.31. The molecule has 4 heteroatoms. The van der Waals surface area contributed by atoms with Crippen LogP contribution in [-0.2, 0) is 0 Å². The highest BCUT2D eigenvalue weighted by molar-refractivity contribution is 14.1. The second-order valence-electron chi connectivity index (χ2n) is 2.40. The molecule has 0 saturated carbocycles. The van der Waals surface area contributed by atoms with Crippen molar-refractivity contribution in [3.05, 3.63) is 24.7 Å². The van der Waals surface area contributed by atoms with E-state index in [9.17, 15) is 0 Å². The minimum absolute atomic E-state index is 1.04. The smallest absolute Gasteiger partial charge is 0.0666 e. The third kappa shape index (κ3) is 1.76. The van der Waals surface area contributed by atoms with E-state index in [4.69, 9.17) is 0 Å². The van der Waals surface area contributed by atoms with Crippen molar-refractivity contribution in [2.45, 2.75) is 4.90 Å². The van der Waals surface area contributed by atoms with E-state index in [1.807, 2.05) is 11.3 Å². The molecule has 0 atom stereocenters. The van der Waals surface area contributed by atoms with Gasteiger partial charge >= 0.3 is 0 Å². The second kappa shape index (κ2) is 3.62. The monoisotopic (exact) mass is 418 g/mol. The van der Waals surface area contributed by atoms with Gasteiger partial charge in [-0.3, -0.25) is 0 Å². The third-order valence-electron chi connectivity index (χ3n) is 1.53. The van der Waals surface area contributed by atoms with Gasteiger partial charge in [-0.25, -0.2) is 0 Å². The molecule has 1 aromatic heterocycles. The van der Waals surface area contributed by atoms with Crippen LogP contribution in [0.25, 0.3) is 10.1 Å². The van der Waals surface area contributed by atoms with Crippen LogP contribution >= 0.6 is 69.1 Å². The molecule has 2 aromatic rings. The summed E-state index contributed by atoms with van der Waals surface area (Å²) in [4.78, 5) is 1.04. The molecule has 12 heavy (non-hydrogen) atoms. The molecular formula is C8H4I2S2. The maximum absolute atomic E-state index is 4.34. The van der Waals surface area contributed by atoms with Crippen molar-refractivity contribution in [2.24, 2.45) is 0 Å². The van der Waals surface area contributed by atoms with Gasteiger partial charge in [-0.1, -0.05) is 0 Å². The molecule has 0 nitrogen and oxygen atoms in total. The Balaban J connectivity index is 2.88. The predicted molar refractivity (Wildman–Crippen MR) is 74.5 cm³/mol. The Bertz CT molecular complexity index is 434. The van der Waals surface area contributed by atoms with Crippen molar-refractivity contribution in [1.82, 2.24) is 0 Å². The standard InChI is InChI=1S/C8H4I2S2/c9-6-3-5(11)1-4-2-7(10)12-8(4)6/h1-3,11H.